The minimum Gasteiger partial charge on any atom is -0.508 e. The van der Waals surface area contributed by atoms with E-state index in [9.17, 15) is 24.9 Å². The number of carbonyl (C=O) groups excluding carboxylic acids is 2. The Morgan fingerprint density at radius 1 is 1.14 bits per heavy atom. The van der Waals surface area contributed by atoms with E-state index in [1.54, 1.807) is 18.3 Å². The minimum atomic E-state index is -0.890. The van der Waals surface area contributed by atoms with Gasteiger partial charge in [0.1, 0.15) is 5.75 Å². The van der Waals surface area contributed by atoms with E-state index in [0.29, 0.717) is 30.7 Å². The molecule has 1 saturated heterocycles. The predicted octanol–water partition coefficient (Wildman–Crippen LogP) is 6.17. The molecule has 0 bridgehead atoms. The van der Waals surface area contributed by atoms with Crippen LogP contribution in [0.15, 0.2) is 53.7 Å². The Balaban J connectivity index is 1.43. The summed E-state index contributed by atoms with van der Waals surface area (Å²) < 4.78 is 0. The molecule has 0 radical (unpaired) electrons. The number of pyridine rings is 1. The number of likely N-dealkylation sites (tertiary alicyclic amines) is 1. The number of benzene rings is 1. The smallest absolute Gasteiger partial charge is 0.234 e. The molecule has 0 spiro atoms. The highest BCUT2D eigenvalue weighted by atomic mass is 35.5. The maximum atomic E-state index is 13.8. The summed E-state index contributed by atoms with van der Waals surface area (Å²) in [6, 6.07) is 10.4. The molecule has 4 atom stereocenters. The molecule has 3 aliphatic rings. The Morgan fingerprint density at radius 3 is 2.60 bits per heavy atom. The molecular formula is C34H41ClN2O5. The van der Waals surface area contributed by atoms with Gasteiger partial charge in [0.15, 0.2) is 0 Å². The van der Waals surface area contributed by atoms with E-state index in [2.05, 4.69) is 11.9 Å². The van der Waals surface area contributed by atoms with Crippen molar-refractivity contribution in [2.75, 3.05) is 6.61 Å². The van der Waals surface area contributed by atoms with Crippen molar-refractivity contribution in [2.24, 2.45) is 17.8 Å². The number of phenols is 1. The maximum absolute atomic E-state index is 13.8. The normalized spacial score (nSPS) is 24.3. The molecule has 2 aromatic rings. The monoisotopic (exact) mass is 592 g/mol. The largest absolute Gasteiger partial charge is 0.508 e. The van der Waals surface area contributed by atoms with Gasteiger partial charge in [-0.3, -0.25) is 19.5 Å². The zero-order chi connectivity index (χ0) is 29.8. The fourth-order valence-corrected chi connectivity index (χ4v) is 7.55. The van der Waals surface area contributed by atoms with Crippen molar-refractivity contribution in [3.05, 3.63) is 70.0 Å². The Labute approximate surface area is 252 Å². The topological polar surface area (TPSA) is 111 Å². The van der Waals surface area contributed by atoms with E-state index in [-0.39, 0.29) is 30.2 Å². The predicted molar refractivity (Wildman–Crippen MR) is 163 cm³/mol. The fraction of sp³-hybridized carbons (Fsp3) is 0.500. The Bertz CT molecular complexity index is 1350. The maximum Gasteiger partial charge on any atom is 0.234 e. The van der Waals surface area contributed by atoms with Gasteiger partial charge in [-0.1, -0.05) is 55.8 Å². The summed E-state index contributed by atoms with van der Waals surface area (Å²) in [5.74, 6) is -1.86. The van der Waals surface area contributed by atoms with Crippen molar-refractivity contribution in [3.8, 4) is 5.75 Å². The summed E-state index contributed by atoms with van der Waals surface area (Å²) in [4.78, 5) is 33.5. The number of hydrogen-bond acceptors (Lipinski definition) is 6. The first kappa shape index (κ1) is 30.5. The molecule has 2 heterocycles. The molecule has 5 rings (SSSR count). The summed E-state index contributed by atoms with van der Waals surface area (Å²) in [5.41, 5.74) is 4.07. The van der Waals surface area contributed by atoms with Gasteiger partial charge in [-0.2, -0.15) is 0 Å². The molecule has 1 saturated carbocycles. The highest BCUT2D eigenvalue weighted by Crippen LogP contribution is 2.48. The molecule has 1 aromatic heterocycles. The van der Waals surface area contributed by atoms with E-state index in [0.717, 1.165) is 66.5 Å². The standard InChI is InChI=1S/C34H41ClN2O5/c1-2-8-23-18-26-32(34(42)37(33(26)41)24-9-4-3-5-10-24)27(20-38)31(23)30(40)15-13-22(29-11-6-7-16-36-29)17-21-12-14-25(39)19-28(21)35/h6-7,11-12,14,16-17,19,24,26-27,30,32,38-40H,2-5,8-10,13,15,18,20H2,1H3/b22-17-/t26-,27+,30-,32-/m1/s1. The summed E-state index contributed by atoms with van der Waals surface area (Å²) in [5, 5.41) is 32.6. The highest BCUT2D eigenvalue weighted by molar-refractivity contribution is 6.32. The van der Waals surface area contributed by atoms with Gasteiger partial charge < -0.3 is 15.3 Å². The van der Waals surface area contributed by atoms with Crippen LogP contribution in [0.1, 0.15) is 82.4 Å². The number of aromatic hydroxyl groups is 1. The third-order valence-corrected chi connectivity index (χ3v) is 9.59. The summed E-state index contributed by atoms with van der Waals surface area (Å²) in [6.45, 7) is 1.78. The lowest BCUT2D eigenvalue weighted by molar-refractivity contribution is -0.143. The number of nitrogens with zero attached hydrogens (tertiary/aromatic N) is 2. The van der Waals surface area contributed by atoms with Crippen LogP contribution in [-0.2, 0) is 9.59 Å². The number of rotatable bonds is 10. The molecule has 1 aromatic carbocycles. The van der Waals surface area contributed by atoms with Crippen LogP contribution < -0.4 is 0 Å². The average Bonchev–Trinajstić information content (AvgIpc) is 3.25. The van der Waals surface area contributed by atoms with Crippen LogP contribution in [-0.4, -0.2) is 55.8 Å². The highest BCUT2D eigenvalue weighted by Gasteiger charge is 2.56. The van der Waals surface area contributed by atoms with Crippen LogP contribution >= 0.6 is 11.6 Å². The van der Waals surface area contributed by atoms with Crippen LogP contribution in [0.2, 0.25) is 5.02 Å². The van der Waals surface area contributed by atoms with Gasteiger partial charge in [0.2, 0.25) is 11.8 Å². The van der Waals surface area contributed by atoms with E-state index in [1.165, 1.54) is 11.0 Å². The second-order valence-electron chi connectivity index (χ2n) is 11.9. The van der Waals surface area contributed by atoms with Crippen molar-refractivity contribution < 1.29 is 24.9 Å². The zero-order valence-corrected chi connectivity index (χ0v) is 25.0. The Hall–Kier alpha value is -3.00. The van der Waals surface area contributed by atoms with Crippen molar-refractivity contribution in [1.29, 1.82) is 0 Å². The van der Waals surface area contributed by atoms with Gasteiger partial charge in [-0.25, -0.2) is 0 Å². The number of imide groups is 1. The molecule has 42 heavy (non-hydrogen) atoms. The van der Waals surface area contributed by atoms with E-state index >= 15 is 0 Å². The number of carbonyl (C=O) groups is 2. The van der Waals surface area contributed by atoms with Crippen molar-refractivity contribution in [3.63, 3.8) is 0 Å². The number of phenolic OH excluding ortho intramolecular Hbond substituents is 1. The van der Waals surface area contributed by atoms with Crippen molar-refractivity contribution in [1.82, 2.24) is 9.88 Å². The van der Waals surface area contributed by atoms with Crippen LogP contribution in [0.3, 0.4) is 0 Å². The van der Waals surface area contributed by atoms with Gasteiger partial charge in [0.05, 0.1) is 35.3 Å². The number of aromatic nitrogens is 1. The third kappa shape index (κ3) is 6.19. The summed E-state index contributed by atoms with van der Waals surface area (Å²) in [6.07, 6.45) is 10.4. The third-order valence-electron chi connectivity index (χ3n) is 9.26. The fourth-order valence-electron chi connectivity index (χ4n) is 7.32. The van der Waals surface area contributed by atoms with Crippen LogP contribution in [0.4, 0.5) is 0 Å². The Morgan fingerprint density at radius 2 is 1.93 bits per heavy atom. The molecule has 3 N–H and O–H groups in total. The van der Waals surface area contributed by atoms with E-state index in [1.807, 2.05) is 24.3 Å². The van der Waals surface area contributed by atoms with Crippen molar-refractivity contribution >= 4 is 35.1 Å². The van der Waals surface area contributed by atoms with Gasteiger partial charge in [0, 0.05) is 18.2 Å². The van der Waals surface area contributed by atoms with E-state index in [4.69, 9.17) is 11.6 Å². The first-order valence-corrected chi connectivity index (χ1v) is 15.7. The van der Waals surface area contributed by atoms with Crippen LogP contribution in [0.5, 0.6) is 5.75 Å². The van der Waals surface area contributed by atoms with E-state index < -0.39 is 23.9 Å². The number of allylic oxidation sites excluding steroid dienone is 2. The number of aliphatic hydroxyl groups excluding tert-OH is 2. The molecule has 0 unspecified atom stereocenters. The average molecular weight is 593 g/mol. The lowest BCUT2D eigenvalue weighted by Crippen LogP contribution is -2.42. The van der Waals surface area contributed by atoms with Gasteiger partial charge >= 0.3 is 0 Å². The molecule has 1 aliphatic heterocycles. The summed E-state index contributed by atoms with van der Waals surface area (Å²) >= 11 is 6.41. The summed E-state index contributed by atoms with van der Waals surface area (Å²) in [7, 11) is 0. The minimum absolute atomic E-state index is 0.0514. The quantitative estimate of drug-likeness (QED) is 0.225. The molecule has 2 aliphatic carbocycles. The van der Waals surface area contributed by atoms with Gasteiger partial charge in [0.25, 0.3) is 0 Å². The lowest BCUT2D eigenvalue weighted by atomic mass is 9.67. The molecular weight excluding hydrogens is 552 g/mol. The Kier molecular flexibility index (Phi) is 9.81. The number of fused-ring (bicyclic) bond motifs is 1. The van der Waals surface area contributed by atoms with Crippen molar-refractivity contribution in [2.45, 2.75) is 83.3 Å². The first-order chi connectivity index (χ1) is 20.3. The van der Waals surface area contributed by atoms with Crippen LogP contribution in [0, 0.1) is 17.8 Å². The second kappa shape index (κ2) is 13.5. The van der Waals surface area contributed by atoms with Gasteiger partial charge in [-0.15, -0.1) is 0 Å². The molecule has 224 valence electrons. The van der Waals surface area contributed by atoms with Gasteiger partial charge in [-0.05, 0) is 91.6 Å². The number of halogens is 1. The first-order valence-electron chi connectivity index (χ1n) is 15.3. The second-order valence-corrected chi connectivity index (χ2v) is 12.3. The number of amides is 2. The molecule has 2 fully saturated rings. The van der Waals surface area contributed by atoms with Crippen LogP contribution in [0.25, 0.3) is 11.6 Å². The molecule has 2 amide bonds. The molecule has 8 heteroatoms. The lowest BCUT2D eigenvalue weighted by Gasteiger charge is -2.36. The number of hydrogen-bond donors (Lipinski definition) is 3. The SMILES string of the molecule is CCCC1=C([C@H](O)CC/C(=C/c2ccc(O)cc2Cl)c2ccccn2)[C@H](CO)[C@@H]2C(=O)N(C3CCCCC3)C(=O)[C@@H]2C1. The molecule has 7 nitrogen and oxygen atoms in total. The number of aliphatic hydroxyl groups is 2. The zero-order valence-electron chi connectivity index (χ0n) is 24.2.